The molecule has 1 aromatic carbocycles. The molecule has 0 aromatic heterocycles. The molecule has 2 nitrogen and oxygen atoms in total. The quantitative estimate of drug-likeness (QED) is 0.806. The molecule has 0 bridgehead atoms. The molecule has 0 aliphatic rings. The van der Waals surface area contributed by atoms with Gasteiger partial charge in [-0.1, -0.05) is 34.5 Å². The van der Waals surface area contributed by atoms with E-state index in [1.54, 1.807) is 0 Å². The second-order valence-electron chi connectivity index (χ2n) is 3.69. The minimum atomic E-state index is 0.531. The topological polar surface area (TPSA) is 21.3 Å². The molecule has 4 heteroatoms. The highest BCUT2D eigenvalue weighted by atomic mass is 79.9. The van der Waals surface area contributed by atoms with Gasteiger partial charge >= 0.3 is 0 Å². The van der Waals surface area contributed by atoms with E-state index < -0.39 is 0 Å². The Kier molecular flexibility index (Phi) is 6.17. The highest BCUT2D eigenvalue weighted by Crippen LogP contribution is 2.27. The van der Waals surface area contributed by atoms with Crippen LogP contribution in [0.15, 0.2) is 22.7 Å². The van der Waals surface area contributed by atoms with Crippen molar-refractivity contribution < 1.29 is 4.74 Å². The SMILES string of the molecule is CC[C@@H](C)NCCOc1ccc(Br)cc1Cl. The van der Waals surface area contributed by atoms with Crippen LogP contribution in [0, 0.1) is 0 Å². The molecule has 0 saturated heterocycles. The van der Waals surface area contributed by atoms with Crippen LogP contribution in [-0.2, 0) is 0 Å². The first-order chi connectivity index (χ1) is 7.63. The lowest BCUT2D eigenvalue weighted by atomic mass is 10.3. The third-order valence-corrected chi connectivity index (χ3v) is 3.15. The van der Waals surface area contributed by atoms with E-state index in [4.69, 9.17) is 16.3 Å². The van der Waals surface area contributed by atoms with Crippen LogP contribution in [0.25, 0.3) is 0 Å². The van der Waals surface area contributed by atoms with Gasteiger partial charge in [0, 0.05) is 17.1 Å². The Labute approximate surface area is 110 Å². The van der Waals surface area contributed by atoms with E-state index in [9.17, 15) is 0 Å². The Morgan fingerprint density at radius 1 is 1.50 bits per heavy atom. The summed E-state index contributed by atoms with van der Waals surface area (Å²) in [5, 5.41) is 3.99. The van der Waals surface area contributed by atoms with Gasteiger partial charge < -0.3 is 10.1 Å². The summed E-state index contributed by atoms with van der Waals surface area (Å²) in [5.41, 5.74) is 0. The molecular formula is C12H17BrClNO. The highest BCUT2D eigenvalue weighted by molar-refractivity contribution is 9.10. The van der Waals surface area contributed by atoms with E-state index in [1.807, 2.05) is 18.2 Å². The largest absolute Gasteiger partial charge is 0.491 e. The van der Waals surface area contributed by atoms with E-state index in [0.717, 1.165) is 23.2 Å². The van der Waals surface area contributed by atoms with Crippen molar-refractivity contribution >= 4 is 27.5 Å². The van der Waals surface area contributed by atoms with Crippen molar-refractivity contribution in [2.75, 3.05) is 13.2 Å². The normalized spacial score (nSPS) is 12.5. The summed E-state index contributed by atoms with van der Waals surface area (Å²) < 4.78 is 6.53. The maximum atomic E-state index is 6.02. The smallest absolute Gasteiger partial charge is 0.138 e. The van der Waals surface area contributed by atoms with E-state index in [1.165, 1.54) is 0 Å². The number of nitrogens with one attached hydrogen (secondary N) is 1. The maximum absolute atomic E-state index is 6.02. The van der Waals surface area contributed by atoms with Crippen molar-refractivity contribution in [3.05, 3.63) is 27.7 Å². The molecule has 0 aliphatic carbocycles. The number of hydrogen-bond acceptors (Lipinski definition) is 2. The minimum absolute atomic E-state index is 0.531. The molecule has 1 aromatic rings. The lowest BCUT2D eigenvalue weighted by Gasteiger charge is -2.12. The van der Waals surface area contributed by atoms with Crippen molar-refractivity contribution in [1.82, 2.24) is 5.32 Å². The summed E-state index contributed by atoms with van der Waals surface area (Å²) in [6.45, 7) is 5.78. The van der Waals surface area contributed by atoms with Gasteiger partial charge in [0.2, 0.25) is 0 Å². The summed E-state index contributed by atoms with van der Waals surface area (Å²) in [5.74, 6) is 0.732. The van der Waals surface area contributed by atoms with Crippen LogP contribution in [0.5, 0.6) is 5.75 Å². The van der Waals surface area contributed by atoms with Gasteiger partial charge in [0.1, 0.15) is 12.4 Å². The molecule has 16 heavy (non-hydrogen) atoms. The zero-order chi connectivity index (χ0) is 12.0. The number of benzene rings is 1. The molecule has 1 atom stereocenters. The van der Waals surface area contributed by atoms with Crippen molar-refractivity contribution in [2.24, 2.45) is 0 Å². The van der Waals surface area contributed by atoms with Gasteiger partial charge in [-0.05, 0) is 31.5 Å². The predicted octanol–water partition coefficient (Wildman–Crippen LogP) is 3.87. The number of ether oxygens (including phenoxy) is 1. The van der Waals surface area contributed by atoms with Gasteiger partial charge in [-0.15, -0.1) is 0 Å². The lowest BCUT2D eigenvalue weighted by molar-refractivity contribution is 0.306. The molecule has 0 spiro atoms. The number of halogens is 2. The monoisotopic (exact) mass is 305 g/mol. The van der Waals surface area contributed by atoms with Gasteiger partial charge in [-0.3, -0.25) is 0 Å². The van der Waals surface area contributed by atoms with Crippen LogP contribution in [-0.4, -0.2) is 19.2 Å². The fourth-order valence-electron chi connectivity index (χ4n) is 1.20. The van der Waals surface area contributed by atoms with Gasteiger partial charge in [0.15, 0.2) is 0 Å². The van der Waals surface area contributed by atoms with Gasteiger partial charge in [-0.2, -0.15) is 0 Å². The molecule has 0 fully saturated rings. The summed E-state index contributed by atoms with van der Waals surface area (Å²) in [6.07, 6.45) is 1.12. The predicted molar refractivity (Wildman–Crippen MR) is 72.4 cm³/mol. The summed E-state index contributed by atoms with van der Waals surface area (Å²) in [6, 6.07) is 6.15. The van der Waals surface area contributed by atoms with Crippen LogP contribution in [0.4, 0.5) is 0 Å². The van der Waals surface area contributed by atoms with E-state index in [2.05, 4.69) is 35.1 Å². The molecule has 0 amide bonds. The molecule has 1 rings (SSSR count). The number of hydrogen-bond donors (Lipinski definition) is 1. The van der Waals surface area contributed by atoms with Crippen molar-refractivity contribution in [3.63, 3.8) is 0 Å². The summed E-state index contributed by atoms with van der Waals surface area (Å²) in [7, 11) is 0. The Balaban J connectivity index is 2.32. The Bertz CT molecular complexity index is 333. The second kappa shape index (κ2) is 7.15. The van der Waals surface area contributed by atoms with E-state index >= 15 is 0 Å². The highest BCUT2D eigenvalue weighted by Gasteiger charge is 2.02. The number of rotatable bonds is 6. The molecular weight excluding hydrogens is 289 g/mol. The van der Waals surface area contributed by atoms with E-state index in [-0.39, 0.29) is 0 Å². The molecule has 0 aliphatic heterocycles. The zero-order valence-corrected chi connectivity index (χ0v) is 11.9. The first kappa shape index (κ1) is 13.8. The molecule has 0 unspecified atom stereocenters. The Morgan fingerprint density at radius 2 is 2.25 bits per heavy atom. The third-order valence-electron chi connectivity index (χ3n) is 2.36. The zero-order valence-electron chi connectivity index (χ0n) is 9.59. The van der Waals surface area contributed by atoms with Crippen molar-refractivity contribution in [3.8, 4) is 5.75 Å². The van der Waals surface area contributed by atoms with Gasteiger partial charge in [-0.25, -0.2) is 0 Å². The van der Waals surface area contributed by atoms with E-state index in [0.29, 0.717) is 17.7 Å². The van der Waals surface area contributed by atoms with Gasteiger partial charge in [0.05, 0.1) is 5.02 Å². The standard InChI is InChI=1S/C12H17BrClNO/c1-3-9(2)15-6-7-16-12-5-4-10(13)8-11(12)14/h4-5,8-9,15H,3,6-7H2,1-2H3/t9-/m1/s1. The molecule has 1 N–H and O–H groups in total. The fraction of sp³-hybridized carbons (Fsp3) is 0.500. The average Bonchev–Trinajstić information content (AvgIpc) is 2.26. The van der Waals surface area contributed by atoms with Crippen LogP contribution >= 0.6 is 27.5 Å². The average molecular weight is 307 g/mol. The first-order valence-electron chi connectivity index (χ1n) is 5.44. The minimum Gasteiger partial charge on any atom is -0.491 e. The second-order valence-corrected chi connectivity index (χ2v) is 5.01. The van der Waals surface area contributed by atoms with Crippen LogP contribution in [0.1, 0.15) is 20.3 Å². The molecule has 0 heterocycles. The lowest BCUT2D eigenvalue weighted by Crippen LogP contribution is -2.29. The summed E-state index contributed by atoms with van der Waals surface area (Å²) in [4.78, 5) is 0. The van der Waals surface area contributed by atoms with Crippen LogP contribution in [0.2, 0.25) is 5.02 Å². The third kappa shape index (κ3) is 4.73. The summed E-state index contributed by atoms with van der Waals surface area (Å²) >= 11 is 9.38. The molecule has 0 radical (unpaired) electrons. The molecule has 90 valence electrons. The van der Waals surface area contributed by atoms with Crippen molar-refractivity contribution in [2.45, 2.75) is 26.3 Å². The van der Waals surface area contributed by atoms with Gasteiger partial charge in [0.25, 0.3) is 0 Å². The fourth-order valence-corrected chi connectivity index (χ4v) is 1.93. The van der Waals surface area contributed by atoms with Crippen molar-refractivity contribution in [1.29, 1.82) is 0 Å². The van der Waals surface area contributed by atoms with Crippen LogP contribution in [0.3, 0.4) is 0 Å². The Morgan fingerprint density at radius 3 is 2.88 bits per heavy atom. The molecule has 0 saturated carbocycles. The first-order valence-corrected chi connectivity index (χ1v) is 6.61. The Hall–Kier alpha value is -0.250. The maximum Gasteiger partial charge on any atom is 0.138 e. The van der Waals surface area contributed by atoms with Crippen LogP contribution < -0.4 is 10.1 Å².